The van der Waals surface area contributed by atoms with Crippen molar-refractivity contribution in [2.24, 2.45) is 0 Å². The van der Waals surface area contributed by atoms with E-state index in [1.54, 1.807) is 19.0 Å². The molecule has 4 nitrogen and oxygen atoms in total. The molecule has 1 aromatic heterocycles. The van der Waals surface area contributed by atoms with E-state index in [1.165, 1.54) is 5.56 Å². The van der Waals surface area contributed by atoms with Gasteiger partial charge in [-0.15, -0.1) is 0 Å². The largest absolute Gasteiger partial charge is 0.381 e. The summed E-state index contributed by atoms with van der Waals surface area (Å²) in [6.45, 7) is 0.739. The van der Waals surface area contributed by atoms with Crippen molar-refractivity contribution in [2.45, 2.75) is 6.54 Å². The molecule has 2 rings (SSSR count). The summed E-state index contributed by atoms with van der Waals surface area (Å²) in [5.74, 6) is 0.0142. The summed E-state index contributed by atoms with van der Waals surface area (Å²) in [6, 6.07) is 9.55. The molecule has 1 amide bonds. The van der Waals surface area contributed by atoms with Gasteiger partial charge in [0.25, 0.3) is 5.91 Å². The second kappa shape index (κ2) is 5.40. The van der Waals surface area contributed by atoms with Crippen molar-refractivity contribution in [2.75, 3.05) is 19.4 Å². The molecule has 0 unspecified atom stereocenters. The Morgan fingerprint density at radius 3 is 2.83 bits per heavy atom. The van der Waals surface area contributed by atoms with Crippen LogP contribution in [0, 0.1) is 0 Å². The van der Waals surface area contributed by atoms with Crippen LogP contribution in [-0.4, -0.2) is 29.9 Å². The van der Waals surface area contributed by atoms with E-state index >= 15 is 0 Å². The minimum absolute atomic E-state index is 0.0142. The zero-order valence-corrected chi connectivity index (χ0v) is 10.6. The van der Waals surface area contributed by atoms with Crippen LogP contribution >= 0.6 is 0 Å². The van der Waals surface area contributed by atoms with E-state index in [4.69, 9.17) is 0 Å². The van der Waals surface area contributed by atoms with Gasteiger partial charge in [0.05, 0.1) is 0 Å². The number of anilines is 1. The van der Waals surface area contributed by atoms with E-state index in [0.717, 1.165) is 12.2 Å². The van der Waals surface area contributed by atoms with Gasteiger partial charge in [0.2, 0.25) is 0 Å². The molecule has 4 heteroatoms. The number of H-pyrrole nitrogens is 1. The molecule has 0 aliphatic heterocycles. The Morgan fingerprint density at radius 1 is 1.33 bits per heavy atom. The lowest BCUT2D eigenvalue weighted by atomic mass is 10.2. The van der Waals surface area contributed by atoms with Crippen LogP contribution in [0.1, 0.15) is 15.9 Å². The van der Waals surface area contributed by atoms with E-state index in [9.17, 15) is 4.79 Å². The standard InChI is InChI=1S/C14H17N3O/c1-17(2)14(18)12-4-3-5-13(8-12)16-10-11-6-7-15-9-11/h3-9,15-16H,10H2,1-2H3. The SMILES string of the molecule is CN(C)C(=O)c1cccc(NCc2cc[nH]c2)c1. The Bertz CT molecular complexity index is 518. The Hall–Kier alpha value is -2.23. The van der Waals surface area contributed by atoms with Crippen molar-refractivity contribution in [3.63, 3.8) is 0 Å². The zero-order chi connectivity index (χ0) is 13.0. The van der Waals surface area contributed by atoms with E-state index in [2.05, 4.69) is 10.3 Å². The number of aromatic amines is 1. The van der Waals surface area contributed by atoms with Crippen molar-refractivity contribution < 1.29 is 4.79 Å². The number of hydrogen-bond acceptors (Lipinski definition) is 2. The molecule has 0 fully saturated rings. The van der Waals surface area contributed by atoms with Gasteiger partial charge in [-0.2, -0.15) is 0 Å². The average molecular weight is 243 g/mol. The third-order valence-corrected chi connectivity index (χ3v) is 2.67. The summed E-state index contributed by atoms with van der Waals surface area (Å²) in [5.41, 5.74) is 2.82. The summed E-state index contributed by atoms with van der Waals surface area (Å²) in [4.78, 5) is 16.4. The Labute approximate surface area is 107 Å². The summed E-state index contributed by atoms with van der Waals surface area (Å²) in [6.07, 6.45) is 3.84. The highest BCUT2D eigenvalue weighted by Gasteiger charge is 2.07. The molecular weight excluding hydrogens is 226 g/mol. The van der Waals surface area contributed by atoms with Crippen molar-refractivity contribution in [1.29, 1.82) is 0 Å². The first-order valence-electron chi connectivity index (χ1n) is 5.84. The van der Waals surface area contributed by atoms with E-state index in [-0.39, 0.29) is 5.91 Å². The fourth-order valence-corrected chi connectivity index (χ4v) is 1.69. The predicted octanol–water partition coefficient (Wildman–Crippen LogP) is 2.33. The van der Waals surface area contributed by atoms with Gasteiger partial charge < -0.3 is 15.2 Å². The maximum atomic E-state index is 11.8. The summed E-state index contributed by atoms with van der Waals surface area (Å²) < 4.78 is 0. The number of amides is 1. The number of hydrogen-bond donors (Lipinski definition) is 2. The highest BCUT2D eigenvalue weighted by atomic mass is 16.2. The summed E-state index contributed by atoms with van der Waals surface area (Å²) in [5, 5.41) is 3.29. The van der Waals surface area contributed by atoms with Crippen LogP contribution in [-0.2, 0) is 6.54 Å². The monoisotopic (exact) mass is 243 g/mol. The first-order valence-corrected chi connectivity index (χ1v) is 5.84. The van der Waals surface area contributed by atoms with Crippen LogP contribution in [0.3, 0.4) is 0 Å². The number of benzene rings is 1. The van der Waals surface area contributed by atoms with E-state index in [0.29, 0.717) is 5.56 Å². The molecule has 0 aliphatic rings. The molecule has 0 atom stereocenters. The van der Waals surface area contributed by atoms with Crippen LogP contribution in [0.5, 0.6) is 0 Å². The van der Waals surface area contributed by atoms with E-state index < -0.39 is 0 Å². The van der Waals surface area contributed by atoms with Gasteiger partial charge in [-0.05, 0) is 29.8 Å². The number of nitrogens with zero attached hydrogens (tertiary/aromatic N) is 1. The van der Waals surface area contributed by atoms with Gasteiger partial charge in [0.1, 0.15) is 0 Å². The molecule has 0 aliphatic carbocycles. The maximum absolute atomic E-state index is 11.8. The molecule has 0 saturated heterocycles. The first kappa shape index (κ1) is 12.2. The van der Waals surface area contributed by atoms with Crippen LogP contribution in [0.4, 0.5) is 5.69 Å². The number of aromatic nitrogens is 1. The topological polar surface area (TPSA) is 48.1 Å². The number of carbonyl (C=O) groups excluding carboxylic acids is 1. The van der Waals surface area contributed by atoms with Crippen LogP contribution in [0.2, 0.25) is 0 Å². The third kappa shape index (κ3) is 2.91. The molecule has 0 bridgehead atoms. The van der Waals surface area contributed by atoms with E-state index in [1.807, 2.05) is 42.7 Å². The molecule has 1 aromatic carbocycles. The van der Waals surface area contributed by atoms with Crippen LogP contribution < -0.4 is 5.32 Å². The van der Waals surface area contributed by atoms with Gasteiger partial charge in [-0.3, -0.25) is 4.79 Å². The molecular formula is C14H17N3O. The zero-order valence-electron chi connectivity index (χ0n) is 10.6. The molecule has 1 heterocycles. The highest BCUT2D eigenvalue weighted by Crippen LogP contribution is 2.13. The number of nitrogens with one attached hydrogen (secondary N) is 2. The average Bonchev–Trinajstić information content (AvgIpc) is 2.89. The van der Waals surface area contributed by atoms with Crippen molar-refractivity contribution in [3.8, 4) is 0 Å². The Kier molecular flexibility index (Phi) is 3.67. The molecule has 2 aromatic rings. The van der Waals surface area contributed by atoms with Crippen molar-refractivity contribution in [1.82, 2.24) is 9.88 Å². The fraction of sp³-hybridized carbons (Fsp3) is 0.214. The quantitative estimate of drug-likeness (QED) is 0.865. The summed E-state index contributed by atoms with van der Waals surface area (Å²) in [7, 11) is 3.50. The second-order valence-corrected chi connectivity index (χ2v) is 4.35. The highest BCUT2D eigenvalue weighted by molar-refractivity contribution is 5.94. The maximum Gasteiger partial charge on any atom is 0.253 e. The van der Waals surface area contributed by atoms with Gasteiger partial charge in [0.15, 0.2) is 0 Å². The number of carbonyl (C=O) groups is 1. The number of rotatable bonds is 4. The Morgan fingerprint density at radius 2 is 2.17 bits per heavy atom. The lowest BCUT2D eigenvalue weighted by molar-refractivity contribution is 0.0827. The van der Waals surface area contributed by atoms with Gasteiger partial charge in [0, 0.05) is 44.3 Å². The van der Waals surface area contributed by atoms with Crippen LogP contribution in [0.25, 0.3) is 0 Å². The minimum Gasteiger partial charge on any atom is -0.381 e. The van der Waals surface area contributed by atoms with Gasteiger partial charge in [-0.1, -0.05) is 6.07 Å². The normalized spacial score (nSPS) is 10.1. The Balaban J connectivity index is 2.05. The van der Waals surface area contributed by atoms with Crippen molar-refractivity contribution in [3.05, 3.63) is 53.9 Å². The lowest BCUT2D eigenvalue weighted by Gasteiger charge is -2.11. The first-order chi connectivity index (χ1) is 8.66. The molecule has 2 N–H and O–H groups in total. The lowest BCUT2D eigenvalue weighted by Crippen LogP contribution is -2.21. The molecule has 0 saturated carbocycles. The second-order valence-electron chi connectivity index (χ2n) is 4.35. The smallest absolute Gasteiger partial charge is 0.253 e. The summed E-state index contributed by atoms with van der Waals surface area (Å²) >= 11 is 0. The third-order valence-electron chi connectivity index (χ3n) is 2.67. The van der Waals surface area contributed by atoms with Crippen molar-refractivity contribution >= 4 is 11.6 Å². The molecule has 0 radical (unpaired) electrons. The van der Waals surface area contributed by atoms with Gasteiger partial charge >= 0.3 is 0 Å². The van der Waals surface area contributed by atoms with Crippen LogP contribution in [0.15, 0.2) is 42.7 Å². The predicted molar refractivity (Wildman–Crippen MR) is 72.6 cm³/mol. The molecule has 0 spiro atoms. The molecule has 94 valence electrons. The minimum atomic E-state index is 0.0142. The fourth-order valence-electron chi connectivity index (χ4n) is 1.69. The molecule has 18 heavy (non-hydrogen) atoms. The van der Waals surface area contributed by atoms with Gasteiger partial charge in [-0.25, -0.2) is 0 Å².